The molecule has 0 bridgehead atoms. The van der Waals surface area contributed by atoms with Gasteiger partial charge in [-0.2, -0.15) is 0 Å². The molecule has 2 nitrogen and oxygen atoms in total. The molecule has 3 heteroatoms. The van der Waals surface area contributed by atoms with E-state index >= 15 is 0 Å². The predicted octanol–water partition coefficient (Wildman–Crippen LogP) is 4.37. The Hall–Kier alpha value is -2.03. The van der Waals surface area contributed by atoms with E-state index in [1.807, 2.05) is 39.2 Å². The number of nitrogens with one attached hydrogen (secondary N) is 1. The fourth-order valence-electron chi connectivity index (χ4n) is 2.23. The zero-order chi connectivity index (χ0) is 14.7. The van der Waals surface area contributed by atoms with E-state index in [0.29, 0.717) is 5.56 Å². The van der Waals surface area contributed by atoms with Crippen LogP contribution in [0.1, 0.15) is 24.1 Å². The number of aryl methyl sites for hydroxylation is 1. The third-order valence-electron chi connectivity index (χ3n) is 3.47. The molecule has 106 valence electrons. The zero-order valence-corrected chi connectivity index (χ0v) is 12.4. The lowest BCUT2D eigenvalue weighted by atomic mass is 10.1. The van der Waals surface area contributed by atoms with Crippen LogP contribution in [0.15, 0.2) is 42.5 Å². The van der Waals surface area contributed by atoms with Gasteiger partial charge in [0, 0.05) is 31.0 Å². The molecule has 2 aromatic carbocycles. The van der Waals surface area contributed by atoms with E-state index in [2.05, 4.69) is 29.3 Å². The second-order valence-corrected chi connectivity index (χ2v) is 5.28. The average molecular weight is 272 g/mol. The lowest BCUT2D eigenvalue weighted by molar-refractivity contribution is 0.600. The van der Waals surface area contributed by atoms with Crippen LogP contribution in [0.3, 0.4) is 0 Å². The first-order chi connectivity index (χ1) is 9.49. The maximum Gasteiger partial charge on any atom is 0.128 e. The van der Waals surface area contributed by atoms with Gasteiger partial charge in [-0.05, 0) is 43.7 Å². The van der Waals surface area contributed by atoms with E-state index in [9.17, 15) is 4.39 Å². The summed E-state index contributed by atoms with van der Waals surface area (Å²) in [6.45, 7) is 4.03. The fraction of sp³-hybridized carbons (Fsp3) is 0.294. The number of hydrogen-bond donors (Lipinski definition) is 1. The Labute approximate surface area is 120 Å². The Morgan fingerprint density at radius 3 is 2.40 bits per heavy atom. The van der Waals surface area contributed by atoms with Gasteiger partial charge in [0.25, 0.3) is 0 Å². The van der Waals surface area contributed by atoms with Crippen molar-refractivity contribution in [2.24, 2.45) is 0 Å². The SMILES string of the molecule is Cc1cc(N(C)C)ccc1NC(C)c1ccccc1F. The number of nitrogens with zero attached hydrogens (tertiary/aromatic N) is 1. The van der Waals surface area contributed by atoms with E-state index in [4.69, 9.17) is 0 Å². The summed E-state index contributed by atoms with van der Waals surface area (Å²) in [6, 6.07) is 13.0. The Kier molecular flexibility index (Phi) is 4.28. The number of halogens is 1. The first-order valence-corrected chi connectivity index (χ1v) is 6.78. The summed E-state index contributed by atoms with van der Waals surface area (Å²) in [5.41, 5.74) is 4.03. The van der Waals surface area contributed by atoms with E-state index in [1.165, 1.54) is 6.07 Å². The van der Waals surface area contributed by atoms with Crippen LogP contribution in [0.4, 0.5) is 15.8 Å². The molecule has 0 aliphatic heterocycles. The molecule has 0 aliphatic carbocycles. The van der Waals surface area contributed by atoms with Crippen LogP contribution in [0.2, 0.25) is 0 Å². The normalized spacial score (nSPS) is 12.1. The van der Waals surface area contributed by atoms with Crippen molar-refractivity contribution in [3.63, 3.8) is 0 Å². The molecule has 1 unspecified atom stereocenters. The van der Waals surface area contributed by atoms with Gasteiger partial charge in [0.05, 0.1) is 6.04 Å². The van der Waals surface area contributed by atoms with Crippen molar-refractivity contribution < 1.29 is 4.39 Å². The minimum Gasteiger partial charge on any atom is -0.378 e. The fourth-order valence-corrected chi connectivity index (χ4v) is 2.23. The van der Waals surface area contributed by atoms with Crippen molar-refractivity contribution in [3.05, 3.63) is 59.4 Å². The Morgan fingerprint density at radius 2 is 1.80 bits per heavy atom. The summed E-state index contributed by atoms with van der Waals surface area (Å²) in [7, 11) is 4.04. The van der Waals surface area contributed by atoms with Gasteiger partial charge in [-0.3, -0.25) is 0 Å². The Balaban J connectivity index is 2.20. The van der Waals surface area contributed by atoms with Gasteiger partial charge in [0.15, 0.2) is 0 Å². The molecule has 2 rings (SSSR count). The predicted molar refractivity (Wildman–Crippen MR) is 83.9 cm³/mol. The van der Waals surface area contributed by atoms with Crippen LogP contribution in [0.5, 0.6) is 0 Å². The average Bonchev–Trinajstić information content (AvgIpc) is 2.41. The van der Waals surface area contributed by atoms with Crippen molar-refractivity contribution in [1.29, 1.82) is 0 Å². The lowest BCUT2D eigenvalue weighted by Crippen LogP contribution is -2.11. The summed E-state index contributed by atoms with van der Waals surface area (Å²) >= 11 is 0. The van der Waals surface area contributed by atoms with Gasteiger partial charge < -0.3 is 10.2 Å². The van der Waals surface area contributed by atoms with E-state index in [0.717, 1.165) is 16.9 Å². The highest BCUT2D eigenvalue weighted by molar-refractivity contribution is 5.60. The van der Waals surface area contributed by atoms with Crippen LogP contribution in [0.25, 0.3) is 0 Å². The van der Waals surface area contributed by atoms with Gasteiger partial charge >= 0.3 is 0 Å². The van der Waals surface area contributed by atoms with Crippen LogP contribution < -0.4 is 10.2 Å². The number of rotatable bonds is 4. The topological polar surface area (TPSA) is 15.3 Å². The van der Waals surface area contributed by atoms with Crippen LogP contribution in [-0.4, -0.2) is 14.1 Å². The lowest BCUT2D eigenvalue weighted by Gasteiger charge is -2.20. The Morgan fingerprint density at radius 1 is 1.10 bits per heavy atom. The molecule has 0 heterocycles. The van der Waals surface area contributed by atoms with Crippen LogP contribution in [0, 0.1) is 12.7 Å². The highest BCUT2D eigenvalue weighted by Crippen LogP contribution is 2.26. The van der Waals surface area contributed by atoms with Crippen molar-refractivity contribution >= 4 is 11.4 Å². The molecule has 1 atom stereocenters. The molecule has 0 spiro atoms. The van der Waals surface area contributed by atoms with Gasteiger partial charge in [-0.1, -0.05) is 18.2 Å². The first kappa shape index (κ1) is 14.4. The van der Waals surface area contributed by atoms with Gasteiger partial charge in [0.1, 0.15) is 5.82 Å². The highest BCUT2D eigenvalue weighted by Gasteiger charge is 2.11. The molecule has 0 amide bonds. The van der Waals surface area contributed by atoms with E-state index in [1.54, 1.807) is 6.07 Å². The summed E-state index contributed by atoms with van der Waals surface area (Å²) in [4.78, 5) is 2.07. The standard InChI is InChI=1S/C17H21FN2/c1-12-11-14(20(3)4)9-10-17(12)19-13(2)15-7-5-6-8-16(15)18/h5-11,13,19H,1-4H3. The minimum atomic E-state index is -0.171. The molecule has 0 fully saturated rings. The highest BCUT2D eigenvalue weighted by atomic mass is 19.1. The Bertz CT molecular complexity index is 593. The molecule has 0 aromatic heterocycles. The third kappa shape index (κ3) is 3.10. The second-order valence-electron chi connectivity index (χ2n) is 5.28. The molecule has 0 saturated heterocycles. The smallest absolute Gasteiger partial charge is 0.128 e. The van der Waals surface area contributed by atoms with Crippen molar-refractivity contribution in [1.82, 2.24) is 0 Å². The molecule has 2 aromatic rings. The van der Waals surface area contributed by atoms with E-state index < -0.39 is 0 Å². The molecule has 1 N–H and O–H groups in total. The molecule has 0 radical (unpaired) electrons. The molecule has 20 heavy (non-hydrogen) atoms. The number of anilines is 2. The van der Waals surface area contributed by atoms with Crippen LogP contribution in [-0.2, 0) is 0 Å². The van der Waals surface area contributed by atoms with Crippen LogP contribution >= 0.6 is 0 Å². The van der Waals surface area contributed by atoms with Gasteiger partial charge in [0.2, 0.25) is 0 Å². The quantitative estimate of drug-likeness (QED) is 0.889. The third-order valence-corrected chi connectivity index (χ3v) is 3.47. The summed E-state index contributed by atoms with van der Waals surface area (Å²) in [5.74, 6) is -0.171. The molecular formula is C17H21FN2. The monoisotopic (exact) mass is 272 g/mol. The maximum atomic E-state index is 13.8. The van der Waals surface area contributed by atoms with E-state index in [-0.39, 0.29) is 11.9 Å². The van der Waals surface area contributed by atoms with Crippen molar-refractivity contribution in [2.45, 2.75) is 19.9 Å². The maximum absolute atomic E-state index is 13.8. The van der Waals surface area contributed by atoms with Gasteiger partial charge in [-0.15, -0.1) is 0 Å². The summed E-state index contributed by atoms with van der Waals surface area (Å²) in [6.07, 6.45) is 0. The number of benzene rings is 2. The largest absolute Gasteiger partial charge is 0.378 e. The van der Waals surface area contributed by atoms with Crippen molar-refractivity contribution in [3.8, 4) is 0 Å². The van der Waals surface area contributed by atoms with Gasteiger partial charge in [-0.25, -0.2) is 4.39 Å². The number of hydrogen-bond acceptors (Lipinski definition) is 2. The second kappa shape index (κ2) is 5.95. The van der Waals surface area contributed by atoms with Crippen molar-refractivity contribution in [2.75, 3.05) is 24.3 Å². The first-order valence-electron chi connectivity index (χ1n) is 6.78. The summed E-state index contributed by atoms with van der Waals surface area (Å²) in [5, 5.41) is 3.37. The molecular weight excluding hydrogens is 251 g/mol. The summed E-state index contributed by atoms with van der Waals surface area (Å²) < 4.78 is 13.8. The molecule has 0 saturated carbocycles. The minimum absolute atomic E-state index is 0.0693. The molecule has 0 aliphatic rings. The zero-order valence-electron chi connectivity index (χ0n) is 12.4.